The molecule has 9 heteroatoms. The summed E-state index contributed by atoms with van der Waals surface area (Å²) in [4.78, 5) is 0. The van der Waals surface area contributed by atoms with Gasteiger partial charge in [0, 0.05) is 17.0 Å². The third-order valence-electron chi connectivity index (χ3n) is 5.93. The Bertz CT molecular complexity index is 915. The normalized spacial score (nSPS) is 32.8. The summed E-state index contributed by atoms with van der Waals surface area (Å²) in [7, 11) is 0. The lowest BCUT2D eigenvalue weighted by atomic mass is 9.87. The van der Waals surface area contributed by atoms with Crippen molar-refractivity contribution in [3.63, 3.8) is 0 Å². The van der Waals surface area contributed by atoms with Crippen LogP contribution in [-0.4, -0.2) is 75.9 Å². The summed E-state index contributed by atoms with van der Waals surface area (Å²) < 4.78 is 16.6. The minimum Gasteiger partial charge on any atom is -0.488 e. The minimum absolute atomic E-state index is 0.0613. The van der Waals surface area contributed by atoms with E-state index in [0.717, 1.165) is 17.7 Å². The standard InChI is InChI=1S/C23H27ClO8/c24-18-6-3-15(23(29)22(28)21(27)20(26)19(11-25)32-23)10-14(18)9-13-1-4-16(5-2-13)31-17-7-8-30-12-17/h1-6,10,17,19-22,25-29H,7-9,11-12H2/t17?,19?,20-,21?,22-,23+/m1/s1. The van der Waals surface area contributed by atoms with Crippen LogP contribution in [-0.2, 0) is 21.7 Å². The van der Waals surface area contributed by atoms with E-state index in [9.17, 15) is 25.5 Å². The van der Waals surface area contributed by atoms with E-state index in [-0.39, 0.29) is 11.7 Å². The van der Waals surface area contributed by atoms with E-state index in [1.165, 1.54) is 6.07 Å². The third-order valence-corrected chi connectivity index (χ3v) is 6.30. The van der Waals surface area contributed by atoms with E-state index in [0.29, 0.717) is 30.2 Å². The number of ether oxygens (including phenoxy) is 3. The molecule has 2 aromatic carbocycles. The van der Waals surface area contributed by atoms with Crippen molar-refractivity contribution in [2.75, 3.05) is 19.8 Å². The Morgan fingerprint density at radius 2 is 1.81 bits per heavy atom. The average Bonchev–Trinajstić information content (AvgIpc) is 3.30. The van der Waals surface area contributed by atoms with Crippen molar-refractivity contribution in [1.82, 2.24) is 0 Å². The Morgan fingerprint density at radius 1 is 1.06 bits per heavy atom. The summed E-state index contributed by atoms with van der Waals surface area (Å²) in [5.74, 6) is -1.58. The fourth-order valence-corrected chi connectivity index (χ4v) is 4.21. The fraction of sp³-hybridized carbons (Fsp3) is 0.478. The zero-order valence-corrected chi connectivity index (χ0v) is 18.1. The number of hydrogen-bond donors (Lipinski definition) is 5. The Morgan fingerprint density at radius 3 is 2.47 bits per heavy atom. The van der Waals surface area contributed by atoms with Crippen LogP contribution in [0.2, 0.25) is 5.02 Å². The molecular formula is C23H27ClO8. The molecule has 2 aliphatic heterocycles. The first-order chi connectivity index (χ1) is 15.3. The number of hydrogen-bond acceptors (Lipinski definition) is 8. The molecule has 0 radical (unpaired) electrons. The Labute approximate surface area is 190 Å². The molecule has 2 fully saturated rings. The highest BCUT2D eigenvalue weighted by molar-refractivity contribution is 6.31. The van der Waals surface area contributed by atoms with E-state index < -0.39 is 36.8 Å². The van der Waals surface area contributed by atoms with Crippen LogP contribution in [0.3, 0.4) is 0 Å². The quantitative estimate of drug-likeness (QED) is 0.421. The van der Waals surface area contributed by atoms with Crippen LogP contribution < -0.4 is 4.74 Å². The molecular weight excluding hydrogens is 440 g/mol. The lowest BCUT2D eigenvalue weighted by molar-refractivity contribution is -0.357. The molecule has 2 aromatic rings. The van der Waals surface area contributed by atoms with Gasteiger partial charge in [-0.1, -0.05) is 29.8 Å². The van der Waals surface area contributed by atoms with Gasteiger partial charge < -0.3 is 39.7 Å². The van der Waals surface area contributed by atoms with Crippen molar-refractivity contribution in [2.24, 2.45) is 0 Å². The molecule has 0 saturated carbocycles. The zero-order valence-electron chi connectivity index (χ0n) is 17.3. The van der Waals surface area contributed by atoms with Gasteiger partial charge in [-0.3, -0.25) is 0 Å². The number of aliphatic hydroxyl groups excluding tert-OH is 4. The topological polar surface area (TPSA) is 129 Å². The third kappa shape index (κ3) is 4.64. The fourth-order valence-electron chi connectivity index (χ4n) is 4.03. The monoisotopic (exact) mass is 466 g/mol. The number of aliphatic hydroxyl groups is 5. The summed E-state index contributed by atoms with van der Waals surface area (Å²) in [5, 5.41) is 51.4. The highest BCUT2D eigenvalue weighted by Crippen LogP contribution is 2.38. The van der Waals surface area contributed by atoms with Gasteiger partial charge in [-0.25, -0.2) is 0 Å². The van der Waals surface area contributed by atoms with Gasteiger partial charge in [-0.2, -0.15) is 0 Å². The van der Waals surface area contributed by atoms with E-state index in [4.69, 9.17) is 25.8 Å². The maximum Gasteiger partial charge on any atom is 0.222 e. The van der Waals surface area contributed by atoms with Crippen LogP contribution in [0.25, 0.3) is 0 Å². The maximum absolute atomic E-state index is 11.0. The summed E-state index contributed by atoms with van der Waals surface area (Å²) in [5.41, 5.74) is 1.75. The van der Waals surface area contributed by atoms with Crippen molar-refractivity contribution in [3.8, 4) is 5.75 Å². The first-order valence-electron chi connectivity index (χ1n) is 10.5. The van der Waals surface area contributed by atoms with Gasteiger partial charge >= 0.3 is 0 Å². The minimum atomic E-state index is -2.33. The van der Waals surface area contributed by atoms with Crippen LogP contribution in [0.1, 0.15) is 23.1 Å². The van der Waals surface area contributed by atoms with Gasteiger partial charge in [0.05, 0.1) is 19.8 Å². The van der Waals surface area contributed by atoms with E-state index in [1.807, 2.05) is 24.3 Å². The Balaban J connectivity index is 1.53. The lowest BCUT2D eigenvalue weighted by Gasteiger charge is -2.45. The average molecular weight is 467 g/mol. The van der Waals surface area contributed by atoms with Crippen LogP contribution in [0.5, 0.6) is 5.75 Å². The highest BCUT2D eigenvalue weighted by Gasteiger charge is 2.53. The molecule has 2 saturated heterocycles. The van der Waals surface area contributed by atoms with Crippen LogP contribution in [0.15, 0.2) is 42.5 Å². The predicted octanol–water partition coefficient (Wildman–Crippen LogP) is 0.717. The number of benzene rings is 2. The van der Waals surface area contributed by atoms with Crippen molar-refractivity contribution >= 4 is 11.6 Å². The van der Waals surface area contributed by atoms with E-state index in [1.54, 1.807) is 12.1 Å². The van der Waals surface area contributed by atoms with Gasteiger partial charge in [0.1, 0.15) is 36.3 Å². The number of rotatable bonds is 6. The molecule has 3 unspecified atom stereocenters. The second kappa shape index (κ2) is 9.62. The Kier molecular flexibility index (Phi) is 7.04. The number of halogens is 1. The highest BCUT2D eigenvalue weighted by atomic mass is 35.5. The summed E-state index contributed by atoms with van der Waals surface area (Å²) in [6, 6.07) is 12.2. The second-order valence-electron chi connectivity index (χ2n) is 8.19. The first-order valence-corrected chi connectivity index (χ1v) is 10.9. The van der Waals surface area contributed by atoms with Crippen LogP contribution >= 0.6 is 11.6 Å². The predicted molar refractivity (Wildman–Crippen MR) is 114 cm³/mol. The molecule has 32 heavy (non-hydrogen) atoms. The summed E-state index contributed by atoms with van der Waals surface area (Å²) >= 11 is 6.37. The molecule has 0 amide bonds. The molecule has 2 aliphatic rings. The summed E-state index contributed by atoms with van der Waals surface area (Å²) in [6.07, 6.45) is -4.99. The largest absolute Gasteiger partial charge is 0.488 e. The van der Waals surface area contributed by atoms with E-state index >= 15 is 0 Å². The van der Waals surface area contributed by atoms with Gasteiger partial charge in [0.15, 0.2) is 0 Å². The smallest absolute Gasteiger partial charge is 0.222 e. The van der Waals surface area contributed by atoms with E-state index in [2.05, 4.69) is 0 Å². The van der Waals surface area contributed by atoms with Gasteiger partial charge in [0.2, 0.25) is 5.79 Å². The SMILES string of the molecule is OCC1O[C@@](O)(c2ccc(Cl)c(Cc3ccc(OC4CCOC4)cc3)c2)[C@H](O)C(O)[C@@H]1O. The lowest BCUT2D eigenvalue weighted by Crippen LogP contribution is -2.63. The Hall–Kier alpha value is -1.75. The van der Waals surface area contributed by atoms with Crippen molar-refractivity contribution in [2.45, 2.75) is 49.1 Å². The zero-order chi connectivity index (χ0) is 22.9. The first kappa shape index (κ1) is 23.4. The van der Waals surface area contributed by atoms with Crippen LogP contribution in [0, 0.1) is 0 Å². The molecule has 0 bridgehead atoms. The van der Waals surface area contributed by atoms with Gasteiger partial charge in [-0.05, 0) is 41.8 Å². The molecule has 8 nitrogen and oxygen atoms in total. The summed E-state index contributed by atoms with van der Waals surface area (Å²) in [6.45, 7) is 0.649. The molecule has 4 rings (SSSR count). The molecule has 2 heterocycles. The molecule has 174 valence electrons. The van der Waals surface area contributed by atoms with Crippen molar-refractivity contribution in [1.29, 1.82) is 0 Å². The van der Waals surface area contributed by atoms with Crippen LogP contribution in [0.4, 0.5) is 0 Å². The molecule has 0 aliphatic carbocycles. The maximum atomic E-state index is 11.0. The molecule has 0 spiro atoms. The molecule has 0 aromatic heterocycles. The van der Waals surface area contributed by atoms with Crippen molar-refractivity contribution < 1.29 is 39.7 Å². The van der Waals surface area contributed by atoms with Crippen molar-refractivity contribution in [3.05, 3.63) is 64.2 Å². The van der Waals surface area contributed by atoms with Gasteiger partial charge in [0.25, 0.3) is 0 Å². The molecule has 6 atom stereocenters. The van der Waals surface area contributed by atoms with Gasteiger partial charge in [-0.15, -0.1) is 0 Å². The molecule has 5 N–H and O–H groups in total. The second-order valence-corrected chi connectivity index (χ2v) is 8.60.